The van der Waals surface area contributed by atoms with Gasteiger partial charge in [-0.2, -0.15) is 0 Å². The summed E-state index contributed by atoms with van der Waals surface area (Å²) in [4.78, 5) is 82.2. The first kappa shape index (κ1) is 19.8. The Bertz CT molecular complexity index is 1390. The van der Waals surface area contributed by atoms with Gasteiger partial charge in [0.15, 0.2) is 5.65 Å². The molecule has 0 spiro atoms. The molecule has 0 bridgehead atoms. The van der Waals surface area contributed by atoms with Gasteiger partial charge >= 0.3 is 17.1 Å². The van der Waals surface area contributed by atoms with Crippen LogP contribution in [0, 0.1) is 6.92 Å². The smallest absolute Gasteiger partial charge is 0.327 e. The van der Waals surface area contributed by atoms with Crippen LogP contribution in [0.25, 0.3) is 11.2 Å². The Balaban J connectivity index is 0.000000153. The second-order valence-corrected chi connectivity index (χ2v) is 5.09. The van der Waals surface area contributed by atoms with Crippen LogP contribution in [0.3, 0.4) is 0 Å². The molecule has 0 radical (unpaired) electrons. The molecule has 0 saturated heterocycles. The molecule has 0 amide bonds. The maximum Gasteiger partial charge on any atom is 0.327 e. The van der Waals surface area contributed by atoms with Crippen LogP contribution in [-0.2, 0) is 0 Å². The predicted octanol–water partition coefficient (Wildman–Crippen LogP) is -2.63. The quantitative estimate of drug-likeness (QED) is 0.169. The molecule has 14 heteroatoms. The Morgan fingerprint density at radius 3 is 2.00 bits per heavy atom. The highest BCUT2D eigenvalue weighted by atomic mass is 16.2. The van der Waals surface area contributed by atoms with E-state index in [9.17, 15) is 28.8 Å². The third-order valence-corrected chi connectivity index (χ3v) is 3.02. The Hall–Kier alpha value is -4.49. The number of rotatable bonds is 0. The van der Waals surface area contributed by atoms with E-state index < -0.39 is 22.6 Å². The van der Waals surface area contributed by atoms with Crippen molar-refractivity contribution in [1.82, 2.24) is 39.9 Å². The summed E-state index contributed by atoms with van der Waals surface area (Å²) in [5, 5.41) is 0. The maximum atomic E-state index is 10.9. The fourth-order valence-corrected chi connectivity index (χ4v) is 1.73. The molecule has 0 aromatic carbocycles. The molecule has 0 fully saturated rings. The number of fused-ring (bicyclic) bond motifs is 1. The van der Waals surface area contributed by atoms with Crippen molar-refractivity contribution in [2.75, 3.05) is 0 Å². The molecule has 28 heavy (non-hydrogen) atoms. The van der Waals surface area contributed by atoms with E-state index in [2.05, 4.69) is 34.9 Å². The van der Waals surface area contributed by atoms with E-state index in [1.165, 1.54) is 24.8 Å². The Labute approximate surface area is 151 Å². The number of H-pyrrole nitrogens is 7. The van der Waals surface area contributed by atoms with Crippen LogP contribution in [0.4, 0.5) is 0 Å². The van der Waals surface area contributed by atoms with Gasteiger partial charge in [-0.3, -0.25) is 34.3 Å². The second-order valence-electron chi connectivity index (χ2n) is 5.09. The summed E-state index contributed by atoms with van der Waals surface area (Å²) in [6.07, 6.45) is 4.01. The molecule has 0 unspecified atom stereocenters. The molecule has 0 aliphatic heterocycles. The van der Waals surface area contributed by atoms with Gasteiger partial charge in [0.1, 0.15) is 5.52 Å². The number of hydrogen-bond acceptors (Lipinski definition) is 7. The zero-order valence-electron chi connectivity index (χ0n) is 14.2. The summed E-state index contributed by atoms with van der Waals surface area (Å²) in [7, 11) is 0. The van der Waals surface area contributed by atoms with Crippen molar-refractivity contribution in [2.24, 2.45) is 0 Å². The third kappa shape index (κ3) is 5.51. The number of nitrogens with zero attached hydrogens (tertiary/aromatic N) is 1. The van der Waals surface area contributed by atoms with Gasteiger partial charge in [-0.05, 0) is 6.92 Å². The lowest BCUT2D eigenvalue weighted by Crippen LogP contribution is -2.22. The van der Waals surface area contributed by atoms with Gasteiger partial charge in [-0.1, -0.05) is 0 Å². The fraction of sp³-hybridized carbons (Fsp3) is 0.0714. The Kier molecular flexibility index (Phi) is 6.19. The van der Waals surface area contributed by atoms with E-state index in [1.807, 2.05) is 4.98 Å². The standard InChI is InChI=1S/C5H4N4O2.C5H6N2O2.C4H4N2O2/c10-4-2-3(7-1-6-2)8-5(11)9-4;1-3-2-6-5(9)7-4(3)8;7-3-1-2-5-4(8)6-3/h1H,(H3,6,7,8,9,10,11);2H,1H3,(H2,6,7,8,9);1-2H,(H2,5,6,7,8). The molecule has 0 saturated carbocycles. The number of nitrogens with one attached hydrogen (secondary N) is 7. The van der Waals surface area contributed by atoms with Crippen molar-refractivity contribution in [3.8, 4) is 0 Å². The van der Waals surface area contributed by atoms with Crippen LogP contribution in [0.15, 0.2) is 53.6 Å². The van der Waals surface area contributed by atoms with Crippen LogP contribution in [0.5, 0.6) is 0 Å². The zero-order chi connectivity index (χ0) is 20.7. The van der Waals surface area contributed by atoms with Crippen LogP contribution >= 0.6 is 0 Å². The Morgan fingerprint density at radius 2 is 1.43 bits per heavy atom. The molecule has 0 aliphatic carbocycles. The van der Waals surface area contributed by atoms with E-state index in [4.69, 9.17) is 0 Å². The SMILES string of the molecule is Cc1c[nH]c(=O)[nH]c1=O.O=c1[nH]c(=O)c2[nH]cnc2[nH]1.O=c1cc[nH]c(=O)[nH]1. The van der Waals surface area contributed by atoms with Crippen molar-refractivity contribution >= 4 is 11.2 Å². The van der Waals surface area contributed by atoms with E-state index in [1.54, 1.807) is 6.92 Å². The summed E-state index contributed by atoms with van der Waals surface area (Å²) >= 11 is 0. The zero-order valence-corrected chi connectivity index (χ0v) is 14.2. The van der Waals surface area contributed by atoms with Gasteiger partial charge in [0.25, 0.3) is 16.7 Å². The number of hydrogen-bond donors (Lipinski definition) is 7. The van der Waals surface area contributed by atoms with E-state index >= 15 is 0 Å². The molecule has 4 aromatic rings. The van der Waals surface area contributed by atoms with Crippen molar-refractivity contribution in [3.05, 3.63) is 92.9 Å². The molecule has 146 valence electrons. The number of aromatic nitrogens is 8. The van der Waals surface area contributed by atoms with Crippen molar-refractivity contribution < 1.29 is 0 Å². The van der Waals surface area contributed by atoms with Gasteiger partial charge in [-0.15, -0.1) is 0 Å². The lowest BCUT2D eigenvalue weighted by molar-refractivity contribution is 1.01. The Morgan fingerprint density at radius 1 is 0.750 bits per heavy atom. The summed E-state index contributed by atoms with van der Waals surface area (Å²) in [6, 6.07) is 1.24. The van der Waals surface area contributed by atoms with Crippen molar-refractivity contribution in [3.63, 3.8) is 0 Å². The molecule has 4 aromatic heterocycles. The van der Waals surface area contributed by atoms with Crippen LogP contribution in [0.2, 0.25) is 0 Å². The molecule has 0 aliphatic rings. The lowest BCUT2D eigenvalue weighted by Gasteiger charge is -1.84. The van der Waals surface area contributed by atoms with E-state index in [0.717, 1.165) is 0 Å². The largest absolute Gasteiger partial charge is 0.339 e. The molecular weight excluding hydrogens is 376 g/mol. The summed E-state index contributed by atoms with van der Waals surface area (Å²) in [5.74, 6) is 0. The topological polar surface area (TPSA) is 226 Å². The highest BCUT2D eigenvalue weighted by molar-refractivity contribution is 5.67. The maximum absolute atomic E-state index is 10.9. The highest BCUT2D eigenvalue weighted by Crippen LogP contribution is 1.92. The second kappa shape index (κ2) is 8.75. The minimum atomic E-state index is -0.547. The van der Waals surface area contributed by atoms with Crippen LogP contribution in [0.1, 0.15) is 5.56 Å². The average Bonchev–Trinajstić information content (AvgIpc) is 3.08. The average molecular weight is 390 g/mol. The molecule has 7 N–H and O–H groups in total. The summed E-state index contributed by atoms with van der Waals surface area (Å²) in [5.41, 5.74) is -1.59. The molecule has 14 nitrogen and oxygen atoms in total. The first-order chi connectivity index (χ1) is 13.3. The van der Waals surface area contributed by atoms with Gasteiger partial charge in [0.05, 0.1) is 6.33 Å². The van der Waals surface area contributed by atoms with E-state index in [0.29, 0.717) is 5.56 Å². The molecule has 4 heterocycles. The molecule has 4 rings (SSSR count). The number of aryl methyl sites for hydroxylation is 1. The molecule has 0 atom stereocenters. The van der Waals surface area contributed by atoms with Gasteiger partial charge in [0.2, 0.25) is 0 Å². The predicted molar refractivity (Wildman–Crippen MR) is 97.4 cm³/mol. The van der Waals surface area contributed by atoms with Crippen LogP contribution in [-0.4, -0.2) is 39.9 Å². The summed E-state index contributed by atoms with van der Waals surface area (Å²) < 4.78 is 0. The number of imidazole rings is 1. The van der Waals surface area contributed by atoms with Gasteiger partial charge < -0.3 is 15.0 Å². The minimum absolute atomic E-state index is 0.277. The number of aromatic amines is 7. The van der Waals surface area contributed by atoms with Gasteiger partial charge in [0, 0.05) is 24.0 Å². The fourth-order valence-electron chi connectivity index (χ4n) is 1.73. The van der Waals surface area contributed by atoms with Gasteiger partial charge in [-0.25, -0.2) is 19.4 Å². The normalized spacial score (nSPS) is 9.75. The van der Waals surface area contributed by atoms with E-state index in [-0.39, 0.29) is 22.3 Å². The highest BCUT2D eigenvalue weighted by Gasteiger charge is 1.99. The van der Waals surface area contributed by atoms with Crippen molar-refractivity contribution in [2.45, 2.75) is 6.92 Å². The monoisotopic (exact) mass is 390 g/mol. The lowest BCUT2D eigenvalue weighted by atomic mass is 10.4. The molecular formula is C14H14N8O6. The van der Waals surface area contributed by atoms with Crippen molar-refractivity contribution in [1.29, 1.82) is 0 Å². The first-order valence-electron chi connectivity index (χ1n) is 7.48. The third-order valence-electron chi connectivity index (χ3n) is 3.02. The summed E-state index contributed by atoms with van der Waals surface area (Å²) in [6.45, 7) is 1.62. The van der Waals surface area contributed by atoms with Crippen LogP contribution < -0.4 is 33.7 Å². The minimum Gasteiger partial charge on any atom is -0.339 e. The first-order valence-corrected chi connectivity index (χ1v) is 7.48.